The second-order valence-electron chi connectivity index (χ2n) is 10.9. The first-order chi connectivity index (χ1) is 11.9. The lowest BCUT2D eigenvalue weighted by atomic mass is 10.1. The Morgan fingerprint density at radius 1 is 0.963 bits per heavy atom. The van der Waals surface area contributed by atoms with Gasteiger partial charge >= 0.3 is 6.09 Å². The van der Waals surface area contributed by atoms with Crippen molar-refractivity contribution in [3.63, 3.8) is 0 Å². The molecule has 0 aromatic heterocycles. The molecule has 0 spiro atoms. The normalized spacial score (nSPS) is 25.1. The molecule has 0 aliphatic carbocycles. The third-order valence-corrected chi connectivity index (χ3v) is 15.8. The monoisotopic (exact) mass is 419 g/mol. The van der Waals surface area contributed by atoms with Crippen molar-refractivity contribution in [3.05, 3.63) is 0 Å². The molecule has 27 heavy (non-hydrogen) atoms. The van der Waals surface area contributed by atoms with Crippen molar-refractivity contribution in [2.45, 2.75) is 102 Å². The number of likely N-dealkylation sites (tertiary alicyclic amines) is 1. The highest BCUT2D eigenvalue weighted by molar-refractivity contribution is 6.74. The van der Waals surface area contributed by atoms with E-state index in [0.717, 1.165) is 0 Å². The molecule has 8 heteroatoms. The maximum atomic E-state index is 11.9. The van der Waals surface area contributed by atoms with Gasteiger partial charge in [0.1, 0.15) is 0 Å². The summed E-state index contributed by atoms with van der Waals surface area (Å²) < 4.78 is 12.5. The number of hydrogen-bond acceptors (Lipinski definition) is 4. The second-order valence-corrected chi connectivity index (χ2v) is 20.5. The summed E-state index contributed by atoms with van der Waals surface area (Å²) in [6, 6.07) is -0.871. The minimum Gasteiger partial charge on any atom is -0.465 e. The van der Waals surface area contributed by atoms with Crippen LogP contribution < -0.4 is 0 Å². The number of hydrogen-bond donors (Lipinski definition) is 2. The van der Waals surface area contributed by atoms with Gasteiger partial charge in [0.05, 0.1) is 31.4 Å². The van der Waals surface area contributed by atoms with Crippen LogP contribution in [0.2, 0.25) is 36.3 Å². The van der Waals surface area contributed by atoms with Gasteiger partial charge in [-0.3, -0.25) is 4.90 Å². The van der Waals surface area contributed by atoms with E-state index in [2.05, 4.69) is 67.7 Å². The van der Waals surface area contributed by atoms with Crippen molar-refractivity contribution in [1.29, 1.82) is 0 Å². The van der Waals surface area contributed by atoms with Crippen LogP contribution in [0.1, 0.15) is 48.0 Å². The summed E-state index contributed by atoms with van der Waals surface area (Å²) in [6.07, 6.45) is -1.34. The smallest absolute Gasteiger partial charge is 0.408 e. The van der Waals surface area contributed by atoms with Gasteiger partial charge in [-0.1, -0.05) is 41.5 Å². The first-order valence-corrected chi connectivity index (χ1v) is 15.7. The van der Waals surface area contributed by atoms with E-state index in [-0.39, 0.29) is 22.7 Å². The van der Waals surface area contributed by atoms with Gasteiger partial charge in [-0.25, -0.2) is 4.79 Å². The zero-order chi connectivity index (χ0) is 21.4. The maximum absolute atomic E-state index is 11.9. The van der Waals surface area contributed by atoms with Gasteiger partial charge in [0, 0.05) is 0 Å². The standard InChI is InChI=1S/C19H41NO5Si2/c1-18(2,3)26(7,8)24-12-14-11-16(21)15(20(14)17(22)23)13-25-27(9,10)19(4,5)6/h14-16,21H,11-13H2,1-10H3,(H,22,23). The van der Waals surface area contributed by atoms with Gasteiger partial charge in [-0.15, -0.1) is 0 Å². The molecule has 3 unspecified atom stereocenters. The van der Waals surface area contributed by atoms with E-state index in [1.54, 1.807) is 0 Å². The lowest BCUT2D eigenvalue weighted by molar-refractivity contribution is 0.0574. The van der Waals surface area contributed by atoms with Crippen LogP contribution in [0.25, 0.3) is 0 Å². The maximum Gasteiger partial charge on any atom is 0.408 e. The highest BCUT2D eigenvalue weighted by Gasteiger charge is 2.47. The van der Waals surface area contributed by atoms with Gasteiger partial charge in [0.2, 0.25) is 0 Å². The number of rotatable bonds is 6. The van der Waals surface area contributed by atoms with E-state index in [1.807, 2.05) is 0 Å². The summed E-state index contributed by atoms with van der Waals surface area (Å²) in [5.74, 6) is 0. The minimum atomic E-state index is -2.02. The zero-order valence-corrected chi connectivity index (χ0v) is 20.9. The average molecular weight is 420 g/mol. The lowest BCUT2D eigenvalue weighted by Gasteiger charge is -2.39. The molecule has 3 atom stereocenters. The molecule has 0 radical (unpaired) electrons. The average Bonchev–Trinajstić information content (AvgIpc) is 2.77. The van der Waals surface area contributed by atoms with Crippen LogP contribution in [0.4, 0.5) is 4.79 Å². The van der Waals surface area contributed by atoms with Crippen molar-refractivity contribution >= 4 is 22.7 Å². The lowest BCUT2D eigenvalue weighted by Crippen LogP contribution is -2.51. The molecule has 1 fully saturated rings. The fourth-order valence-corrected chi connectivity index (χ4v) is 4.74. The van der Waals surface area contributed by atoms with Crippen LogP contribution in [-0.2, 0) is 8.85 Å². The Hall–Kier alpha value is -0.416. The van der Waals surface area contributed by atoms with Crippen LogP contribution in [-0.4, -0.2) is 69.2 Å². The quantitative estimate of drug-likeness (QED) is 0.619. The molecule has 0 aromatic carbocycles. The Morgan fingerprint density at radius 2 is 1.37 bits per heavy atom. The first-order valence-electron chi connectivity index (χ1n) is 9.88. The fourth-order valence-electron chi connectivity index (χ4n) is 2.67. The van der Waals surface area contributed by atoms with E-state index in [9.17, 15) is 15.0 Å². The predicted octanol–water partition coefficient (Wildman–Crippen LogP) is 4.51. The third kappa shape index (κ3) is 5.79. The van der Waals surface area contributed by atoms with Crippen molar-refractivity contribution in [2.24, 2.45) is 0 Å². The molecule has 1 saturated heterocycles. The van der Waals surface area contributed by atoms with E-state index >= 15 is 0 Å². The molecule has 0 aromatic rings. The van der Waals surface area contributed by atoms with E-state index < -0.39 is 34.9 Å². The van der Waals surface area contributed by atoms with E-state index in [1.165, 1.54) is 4.90 Å². The Kier molecular flexibility index (Phi) is 7.42. The number of aliphatic hydroxyl groups is 1. The van der Waals surface area contributed by atoms with Crippen LogP contribution in [0.3, 0.4) is 0 Å². The Labute approximate surface area is 167 Å². The Morgan fingerprint density at radius 3 is 1.74 bits per heavy atom. The largest absolute Gasteiger partial charge is 0.465 e. The fraction of sp³-hybridized carbons (Fsp3) is 0.947. The molecule has 1 heterocycles. The number of carbonyl (C=O) groups is 1. The molecule has 6 nitrogen and oxygen atoms in total. The van der Waals surface area contributed by atoms with Gasteiger partial charge in [0.25, 0.3) is 0 Å². The number of nitrogens with zero attached hydrogens (tertiary/aromatic N) is 1. The van der Waals surface area contributed by atoms with Crippen molar-refractivity contribution in [1.82, 2.24) is 4.90 Å². The van der Waals surface area contributed by atoms with Crippen molar-refractivity contribution < 1.29 is 23.9 Å². The molecule has 1 rings (SSSR count). The van der Waals surface area contributed by atoms with E-state index in [0.29, 0.717) is 13.0 Å². The molecule has 0 bridgehead atoms. The molecule has 0 saturated carbocycles. The van der Waals surface area contributed by atoms with Gasteiger partial charge in [0.15, 0.2) is 16.6 Å². The minimum absolute atomic E-state index is 0.0372. The van der Waals surface area contributed by atoms with Gasteiger partial charge in [-0.2, -0.15) is 0 Å². The second kappa shape index (κ2) is 8.14. The molecule has 1 aliphatic heterocycles. The zero-order valence-electron chi connectivity index (χ0n) is 18.9. The Balaban J connectivity index is 2.86. The van der Waals surface area contributed by atoms with Crippen molar-refractivity contribution in [2.75, 3.05) is 13.2 Å². The highest BCUT2D eigenvalue weighted by Crippen LogP contribution is 2.39. The summed E-state index contributed by atoms with van der Waals surface area (Å²) in [6.45, 7) is 22.1. The predicted molar refractivity (Wildman–Crippen MR) is 114 cm³/mol. The molecule has 160 valence electrons. The molecular weight excluding hydrogens is 378 g/mol. The molecule has 2 N–H and O–H groups in total. The SMILES string of the molecule is CC(C)(C)[Si](C)(C)OCC1CC(O)C(CO[Si](C)(C)C(C)(C)C)N1C(=O)O. The van der Waals surface area contributed by atoms with Gasteiger partial charge < -0.3 is 19.1 Å². The van der Waals surface area contributed by atoms with Crippen LogP contribution in [0.5, 0.6) is 0 Å². The van der Waals surface area contributed by atoms with E-state index in [4.69, 9.17) is 8.85 Å². The third-order valence-electron chi connectivity index (χ3n) is 6.79. The summed E-state index contributed by atoms with van der Waals surface area (Å²) in [5.41, 5.74) is 0. The number of carboxylic acid groups (broad SMARTS) is 1. The summed E-state index contributed by atoms with van der Waals surface area (Å²) in [7, 11) is -4.00. The van der Waals surface area contributed by atoms with Crippen molar-refractivity contribution in [3.8, 4) is 0 Å². The highest BCUT2D eigenvalue weighted by atomic mass is 28.4. The molecular formula is C19H41NO5Si2. The molecule has 1 amide bonds. The number of aliphatic hydroxyl groups excluding tert-OH is 1. The Bertz CT molecular complexity index is 525. The molecule has 1 aliphatic rings. The first kappa shape index (κ1) is 24.6. The number of amides is 1. The van der Waals surface area contributed by atoms with Gasteiger partial charge in [-0.05, 0) is 42.7 Å². The van der Waals surface area contributed by atoms with Crippen LogP contribution in [0.15, 0.2) is 0 Å². The van der Waals surface area contributed by atoms with Crippen LogP contribution >= 0.6 is 0 Å². The summed E-state index contributed by atoms with van der Waals surface area (Å²) in [4.78, 5) is 13.3. The summed E-state index contributed by atoms with van der Waals surface area (Å²) >= 11 is 0. The van der Waals surface area contributed by atoms with Crippen LogP contribution in [0, 0.1) is 0 Å². The summed E-state index contributed by atoms with van der Waals surface area (Å²) in [5, 5.41) is 20.4. The topological polar surface area (TPSA) is 79.2 Å².